The van der Waals surface area contributed by atoms with Crippen LogP contribution in [-0.4, -0.2) is 38.8 Å². The van der Waals surface area contributed by atoms with Crippen molar-refractivity contribution in [3.63, 3.8) is 0 Å². The van der Waals surface area contributed by atoms with Gasteiger partial charge in [0.1, 0.15) is 12.7 Å². The molecule has 2 atom stereocenters. The van der Waals surface area contributed by atoms with Crippen molar-refractivity contribution in [2.45, 2.75) is 18.5 Å². The molecule has 0 spiro atoms. The van der Waals surface area contributed by atoms with E-state index >= 15 is 0 Å². The molecular formula is C19H22ClN5. The molecule has 0 radical (unpaired) electrons. The number of nitrogens with zero attached hydrogens (tertiary/aromatic N) is 4. The number of likely N-dealkylation sites (tertiary alicyclic amines) is 1. The number of rotatable bonds is 4. The molecule has 5 nitrogen and oxygen atoms in total. The van der Waals surface area contributed by atoms with E-state index in [1.165, 1.54) is 11.1 Å². The predicted molar refractivity (Wildman–Crippen MR) is 101 cm³/mol. The normalized spacial score (nSPS) is 20.4. The first kappa shape index (κ1) is 17.6. The van der Waals surface area contributed by atoms with Crippen LogP contribution in [0.5, 0.6) is 0 Å². The Morgan fingerprint density at radius 3 is 2.44 bits per heavy atom. The maximum absolute atomic E-state index is 6.38. The van der Waals surface area contributed by atoms with Crippen molar-refractivity contribution in [2.24, 2.45) is 5.73 Å². The van der Waals surface area contributed by atoms with Gasteiger partial charge in [-0.3, -0.25) is 4.90 Å². The van der Waals surface area contributed by atoms with Crippen molar-refractivity contribution in [3.8, 4) is 5.69 Å². The first-order valence-electron chi connectivity index (χ1n) is 8.26. The summed E-state index contributed by atoms with van der Waals surface area (Å²) in [4.78, 5) is 6.42. The molecule has 6 heteroatoms. The van der Waals surface area contributed by atoms with Gasteiger partial charge in [-0.05, 0) is 23.3 Å². The molecule has 1 fully saturated rings. The Balaban J connectivity index is 0.00000182. The van der Waals surface area contributed by atoms with Crippen LogP contribution in [0.1, 0.15) is 17.0 Å². The zero-order valence-electron chi connectivity index (χ0n) is 13.9. The van der Waals surface area contributed by atoms with E-state index in [4.69, 9.17) is 5.73 Å². The molecule has 3 aromatic rings. The lowest BCUT2D eigenvalue weighted by Crippen LogP contribution is -2.28. The second kappa shape index (κ2) is 7.78. The Morgan fingerprint density at radius 1 is 1.00 bits per heavy atom. The van der Waals surface area contributed by atoms with Crippen molar-refractivity contribution in [1.82, 2.24) is 19.7 Å². The van der Waals surface area contributed by atoms with Gasteiger partial charge < -0.3 is 5.73 Å². The molecule has 1 aliphatic rings. The maximum atomic E-state index is 6.38. The Morgan fingerprint density at radius 2 is 1.76 bits per heavy atom. The number of benzene rings is 2. The van der Waals surface area contributed by atoms with E-state index in [1.54, 1.807) is 17.3 Å². The summed E-state index contributed by atoms with van der Waals surface area (Å²) in [6.45, 7) is 2.87. The summed E-state index contributed by atoms with van der Waals surface area (Å²) >= 11 is 0. The number of halogens is 1. The van der Waals surface area contributed by atoms with E-state index in [0.29, 0.717) is 5.92 Å². The van der Waals surface area contributed by atoms with Crippen LogP contribution in [0.3, 0.4) is 0 Å². The summed E-state index contributed by atoms with van der Waals surface area (Å²) in [6, 6.07) is 19.3. The highest BCUT2D eigenvalue weighted by molar-refractivity contribution is 5.85. The summed E-state index contributed by atoms with van der Waals surface area (Å²) in [7, 11) is 0. The standard InChI is InChI=1S/C19H21N5.ClH/c20-19-12-23(11-18(19)16-4-2-1-3-5-16)10-15-6-8-17(9-7-15)24-14-21-13-22-24;/h1-9,13-14,18-19H,10-12,20H2;1H/t18-,19+;/m0./s1. The van der Waals surface area contributed by atoms with Crippen LogP contribution >= 0.6 is 12.4 Å². The fourth-order valence-electron chi connectivity index (χ4n) is 3.45. The number of aromatic nitrogens is 3. The zero-order chi connectivity index (χ0) is 16.4. The van der Waals surface area contributed by atoms with Gasteiger partial charge in [-0.2, -0.15) is 5.10 Å². The molecule has 0 saturated carbocycles. The van der Waals surface area contributed by atoms with Gasteiger partial charge in [0.15, 0.2) is 0 Å². The van der Waals surface area contributed by atoms with E-state index in [2.05, 4.69) is 69.6 Å². The third kappa shape index (κ3) is 3.90. The second-order valence-electron chi connectivity index (χ2n) is 6.38. The minimum atomic E-state index is 0. The van der Waals surface area contributed by atoms with Gasteiger partial charge in [0, 0.05) is 31.6 Å². The molecule has 0 bridgehead atoms. The average molecular weight is 356 g/mol. The Bertz CT molecular complexity index is 773. The Hall–Kier alpha value is -2.21. The van der Waals surface area contributed by atoms with E-state index in [9.17, 15) is 0 Å². The lowest BCUT2D eigenvalue weighted by Gasteiger charge is -2.16. The van der Waals surface area contributed by atoms with Crippen molar-refractivity contribution in [3.05, 3.63) is 78.4 Å². The molecule has 2 N–H and O–H groups in total. The second-order valence-corrected chi connectivity index (χ2v) is 6.38. The summed E-state index contributed by atoms with van der Waals surface area (Å²) in [5, 5.41) is 4.15. The van der Waals surface area contributed by atoms with Gasteiger partial charge in [0.05, 0.1) is 5.69 Å². The SMILES string of the molecule is Cl.N[C@@H]1CN(Cc2ccc(-n3cncn3)cc2)C[C@H]1c1ccccc1. The zero-order valence-corrected chi connectivity index (χ0v) is 14.7. The van der Waals surface area contributed by atoms with Crippen LogP contribution < -0.4 is 5.73 Å². The molecule has 1 aliphatic heterocycles. The van der Waals surface area contributed by atoms with Crippen molar-refractivity contribution in [1.29, 1.82) is 0 Å². The third-order valence-electron chi connectivity index (χ3n) is 4.69. The van der Waals surface area contributed by atoms with Crippen LogP contribution in [0, 0.1) is 0 Å². The molecular weight excluding hydrogens is 334 g/mol. The fourth-order valence-corrected chi connectivity index (χ4v) is 3.45. The number of nitrogens with two attached hydrogens (primary N) is 1. The minimum Gasteiger partial charge on any atom is -0.326 e. The Labute approximate surface area is 153 Å². The van der Waals surface area contributed by atoms with E-state index in [-0.39, 0.29) is 18.4 Å². The average Bonchev–Trinajstić information content (AvgIpc) is 3.26. The highest BCUT2D eigenvalue weighted by atomic mass is 35.5. The molecule has 1 saturated heterocycles. The lowest BCUT2D eigenvalue weighted by molar-refractivity contribution is 0.324. The maximum Gasteiger partial charge on any atom is 0.138 e. The fraction of sp³-hybridized carbons (Fsp3) is 0.263. The van der Waals surface area contributed by atoms with Gasteiger partial charge in [0.25, 0.3) is 0 Å². The highest BCUT2D eigenvalue weighted by Gasteiger charge is 2.30. The van der Waals surface area contributed by atoms with Crippen molar-refractivity contribution in [2.75, 3.05) is 13.1 Å². The van der Waals surface area contributed by atoms with Gasteiger partial charge in [-0.1, -0.05) is 42.5 Å². The van der Waals surface area contributed by atoms with Gasteiger partial charge in [-0.25, -0.2) is 9.67 Å². The minimum absolute atomic E-state index is 0. The monoisotopic (exact) mass is 355 g/mol. The molecule has 4 rings (SSSR count). The number of hydrogen-bond donors (Lipinski definition) is 1. The summed E-state index contributed by atoms with van der Waals surface area (Å²) < 4.78 is 1.76. The van der Waals surface area contributed by atoms with Gasteiger partial charge in [0.2, 0.25) is 0 Å². The molecule has 2 aromatic carbocycles. The molecule has 0 amide bonds. The lowest BCUT2D eigenvalue weighted by atomic mass is 9.95. The summed E-state index contributed by atoms with van der Waals surface area (Å²) in [6.07, 6.45) is 3.25. The topological polar surface area (TPSA) is 60.0 Å². The van der Waals surface area contributed by atoms with Crippen molar-refractivity contribution < 1.29 is 0 Å². The van der Waals surface area contributed by atoms with Gasteiger partial charge in [-0.15, -0.1) is 12.4 Å². The van der Waals surface area contributed by atoms with Crippen LogP contribution in [0.25, 0.3) is 5.69 Å². The van der Waals surface area contributed by atoms with Gasteiger partial charge >= 0.3 is 0 Å². The van der Waals surface area contributed by atoms with E-state index in [1.807, 2.05) is 0 Å². The highest BCUT2D eigenvalue weighted by Crippen LogP contribution is 2.27. The molecule has 0 unspecified atom stereocenters. The third-order valence-corrected chi connectivity index (χ3v) is 4.69. The Kier molecular flexibility index (Phi) is 5.48. The summed E-state index contributed by atoms with van der Waals surface area (Å²) in [5.41, 5.74) is 10.0. The van der Waals surface area contributed by atoms with Crippen LogP contribution in [0.2, 0.25) is 0 Å². The van der Waals surface area contributed by atoms with Crippen LogP contribution in [0.15, 0.2) is 67.3 Å². The largest absolute Gasteiger partial charge is 0.326 e. The predicted octanol–water partition coefficient (Wildman–Crippen LogP) is 2.62. The molecule has 2 heterocycles. The smallest absolute Gasteiger partial charge is 0.138 e. The summed E-state index contributed by atoms with van der Waals surface area (Å²) in [5.74, 6) is 0.417. The van der Waals surface area contributed by atoms with E-state index in [0.717, 1.165) is 25.3 Å². The first-order chi connectivity index (χ1) is 11.8. The van der Waals surface area contributed by atoms with Crippen LogP contribution in [0.4, 0.5) is 0 Å². The molecule has 1 aromatic heterocycles. The first-order valence-corrected chi connectivity index (χ1v) is 8.26. The number of hydrogen-bond acceptors (Lipinski definition) is 4. The van der Waals surface area contributed by atoms with Crippen molar-refractivity contribution >= 4 is 12.4 Å². The van der Waals surface area contributed by atoms with E-state index < -0.39 is 0 Å². The molecule has 0 aliphatic carbocycles. The quantitative estimate of drug-likeness (QED) is 0.781. The molecule has 25 heavy (non-hydrogen) atoms. The molecule has 130 valence electrons. The van der Waals surface area contributed by atoms with Crippen LogP contribution in [-0.2, 0) is 6.54 Å².